The van der Waals surface area contributed by atoms with Crippen LogP contribution in [0.2, 0.25) is 0 Å². The molecule has 0 amide bonds. The highest BCUT2D eigenvalue weighted by atomic mass is 16.5. The third-order valence-electron chi connectivity index (χ3n) is 3.31. The maximum absolute atomic E-state index is 9.84. The Bertz CT molecular complexity index is 390. The van der Waals surface area contributed by atoms with Crippen LogP contribution in [-0.2, 0) is 9.47 Å². The molecule has 1 aliphatic rings. The molecule has 3 atom stereocenters. The lowest BCUT2D eigenvalue weighted by Crippen LogP contribution is -2.33. The molecule has 20 heavy (non-hydrogen) atoms. The zero-order chi connectivity index (χ0) is 14.4. The molecular weight excluding hydrogens is 260 g/mol. The molecule has 2 N–H and O–H groups in total. The summed E-state index contributed by atoms with van der Waals surface area (Å²) in [6.07, 6.45) is 3.49. The molecule has 2 heterocycles. The second kappa shape index (κ2) is 7.73. The summed E-state index contributed by atoms with van der Waals surface area (Å²) < 4.78 is 16.3. The molecule has 1 aliphatic heterocycles. The minimum Gasteiger partial charge on any atom is -0.444 e. The van der Waals surface area contributed by atoms with E-state index in [1.807, 2.05) is 13.8 Å². The van der Waals surface area contributed by atoms with E-state index in [1.165, 1.54) is 0 Å². The number of nitrogens with one attached hydrogen (secondary N) is 1. The maximum Gasteiger partial charge on any atom is 0.211 e. The van der Waals surface area contributed by atoms with Gasteiger partial charge in [-0.15, -0.1) is 0 Å². The van der Waals surface area contributed by atoms with E-state index >= 15 is 0 Å². The number of aliphatic hydroxyl groups excluding tert-OH is 1. The van der Waals surface area contributed by atoms with E-state index in [4.69, 9.17) is 13.9 Å². The molecule has 0 radical (unpaired) electrons. The summed E-state index contributed by atoms with van der Waals surface area (Å²) in [5.74, 6) is 1.42. The summed E-state index contributed by atoms with van der Waals surface area (Å²) in [5, 5.41) is 13.0. The molecular formula is C14H24N2O4. The highest BCUT2D eigenvalue weighted by Crippen LogP contribution is 2.13. The van der Waals surface area contributed by atoms with Crippen LogP contribution in [0.15, 0.2) is 10.6 Å². The Morgan fingerprint density at radius 2 is 2.45 bits per heavy atom. The summed E-state index contributed by atoms with van der Waals surface area (Å²) in [7, 11) is 0. The Hall–Kier alpha value is -0.950. The summed E-state index contributed by atoms with van der Waals surface area (Å²) in [5.41, 5.74) is 0. The molecule has 1 aromatic heterocycles. The zero-order valence-corrected chi connectivity index (χ0v) is 12.2. The van der Waals surface area contributed by atoms with Crippen molar-refractivity contribution in [2.45, 2.75) is 44.9 Å². The van der Waals surface area contributed by atoms with Crippen LogP contribution in [0.5, 0.6) is 0 Å². The van der Waals surface area contributed by atoms with Gasteiger partial charge in [-0.2, -0.15) is 0 Å². The average Bonchev–Trinajstić information content (AvgIpc) is 3.07. The van der Waals surface area contributed by atoms with Crippen LogP contribution in [0.1, 0.15) is 37.5 Å². The summed E-state index contributed by atoms with van der Waals surface area (Å²) in [6, 6.07) is -0.0310. The minimum absolute atomic E-state index is 0.0310. The smallest absolute Gasteiger partial charge is 0.211 e. The molecule has 1 saturated heterocycles. The maximum atomic E-state index is 9.84. The fourth-order valence-corrected chi connectivity index (χ4v) is 2.14. The number of hydrogen-bond donors (Lipinski definition) is 2. The van der Waals surface area contributed by atoms with Gasteiger partial charge >= 0.3 is 0 Å². The largest absolute Gasteiger partial charge is 0.444 e. The van der Waals surface area contributed by atoms with Gasteiger partial charge in [0.2, 0.25) is 5.89 Å². The van der Waals surface area contributed by atoms with Crippen LogP contribution < -0.4 is 5.32 Å². The van der Waals surface area contributed by atoms with Gasteiger partial charge < -0.3 is 24.3 Å². The molecule has 6 nitrogen and oxygen atoms in total. The second-order valence-electron chi connectivity index (χ2n) is 5.27. The van der Waals surface area contributed by atoms with Crippen molar-refractivity contribution in [3.63, 3.8) is 0 Å². The van der Waals surface area contributed by atoms with E-state index in [0.717, 1.165) is 25.2 Å². The Balaban J connectivity index is 1.58. The van der Waals surface area contributed by atoms with Gasteiger partial charge in [0, 0.05) is 13.2 Å². The van der Waals surface area contributed by atoms with Gasteiger partial charge in [0.15, 0.2) is 0 Å². The first-order chi connectivity index (χ1) is 9.65. The SMILES string of the molecule is Cc1cnc(C(C)NCC(O)COCC2CCCO2)o1. The Labute approximate surface area is 119 Å². The first kappa shape index (κ1) is 15.4. The molecule has 0 aliphatic carbocycles. The van der Waals surface area contributed by atoms with E-state index in [0.29, 0.717) is 25.6 Å². The van der Waals surface area contributed by atoms with Crippen molar-refractivity contribution >= 4 is 0 Å². The predicted octanol–water partition coefficient (Wildman–Crippen LogP) is 1.19. The molecule has 114 valence electrons. The molecule has 1 fully saturated rings. The number of nitrogens with zero attached hydrogens (tertiary/aromatic N) is 1. The molecule has 3 unspecified atom stereocenters. The fourth-order valence-electron chi connectivity index (χ4n) is 2.14. The van der Waals surface area contributed by atoms with Gasteiger partial charge in [-0.25, -0.2) is 4.98 Å². The van der Waals surface area contributed by atoms with Gasteiger partial charge in [0.25, 0.3) is 0 Å². The van der Waals surface area contributed by atoms with Gasteiger partial charge in [0.05, 0.1) is 37.7 Å². The van der Waals surface area contributed by atoms with Crippen molar-refractivity contribution in [3.05, 3.63) is 17.8 Å². The van der Waals surface area contributed by atoms with Gasteiger partial charge in [-0.1, -0.05) is 0 Å². The Kier molecular flexibility index (Phi) is 5.97. The average molecular weight is 284 g/mol. The molecule has 0 aromatic carbocycles. The van der Waals surface area contributed by atoms with Crippen LogP contribution in [-0.4, -0.2) is 48.7 Å². The number of aromatic nitrogens is 1. The highest BCUT2D eigenvalue weighted by Gasteiger charge is 2.17. The quantitative estimate of drug-likeness (QED) is 0.747. The number of rotatable bonds is 8. The molecule has 1 aromatic rings. The molecule has 0 spiro atoms. The van der Waals surface area contributed by atoms with E-state index < -0.39 is 6.10 Å². The standard InChI is InChI=1S/C14H24N2O4/c1-10-6-16-14(20-10)11(2)15-7-12(17)8-18-9-13-4-3-5-19-13/h6,11-13,15,17H,3-5,7-9H2,1-2H3. The van der Waals surface area contributed by atoms with Crippen molar-refractivity contribution < 1.29 is 19.0 Å². The summed E-state index contributed by atoms with van der Waals surface area (Å²) in [6.45, 7) is 5.94. The predicted molar refractivity (Wildman–Crippen MR) is 73.5 cm³/mol. The first-order valence-electron chi connectivity index (χ1n) is 7.18. The minimum atomic E-state index is -0.546. The van der Waals surface area contributed by atoms with E-state index in [2.05, 4.69) is 10.3 Å². The Morgan fingerprint density at radius 1 is 1.60 bits per heavy atom. The van der Waals surface area contributed by atoms with Crippen molar-refractivity contribution in [3.8, 4) is 0 Å². The van der Waals surface area contributed by atoms with Crippen molar-refractivity contribution in [1.82, 2.24) is 10.3 Å². The second-order valence-corrected chi connectivity index (χ2v) is 5.27. The lowest BCUT2D eigenvalue weighted by atomic mass is 10.2. The van der Waals surface area contributed by atoms with Gasteiger partial charge in [-0.05, 0) is 26.7 Å². The van der Waals surface area contributed by atoms with E-state index in [9.17, 15) is 5.11 Å². The van der Waals surface area contributed by atoms with Gasteiger partial charge in [-0.3, -0.25) is 0 Å². The monoisotopic (exact) mass is 284 g/mol. The van der Waals surface area contributed by atoms with Crippen molar-refractivity contribution in [1.29, 1.82) is 0 Å². The van der Waals surface area contributed by atoms with E-state index in [1.54, 1.807) is 6.20 Å². The van der Waals surface area contributed by atoms with Crippen LogP contribution >= 0.6 is 0 Å². The van der Waals surface area contributed by atoms with E-state index in [-0.39, 0.29) is 12.1 Å². The van der Waals surface area contributed by atoms with Gasteiger partial charge in [0.1, 0.15) is 5.76 Å². The van der Waals surface area contributed by atoms with Crippen LogP contribution in [0.25, 0.3) is 0 Å². The lowest BCUT2D eigenvalue weighted by molar-refractivity contribution is -0.0170. The molecule has 0 bridgehead atoms. The lowest BCUT2D eigenvalue weighted by Gasteiger charge is -2.16. The first-order valence-corrected chi connectivity index (χ1v) is 7.18. The highest BCUT2D eigenvalue weighted by molar-refractivity contribution is 4.94. The van der Waals surface area contributed by atoms with Crippen LogP contribution in [0.4, 0.5) is 0 Å². The van der Waals surface area contributed by atoms with Crippen molar-refractivity contribution in [2.24, 2.45) is 0 Å². The number of oxazole rings is 1. The molecule has 0 saturated carbocycles. The third kappa shape index (κ3) is 4.86. The topological polar surface area (TPSA) is 76.8 Å². The van der Waals surface area contributed by atoms with Crippen molar-refractivity contribution in [2.75, 3.05) is 26.4 Å². The summed E-state index contributed by atoms with van der Waals surface area (Å²) in [4.78, 5) is 4.15. The Morgan fingerprint density at radius 3 is 3.10 bits per heavy atom. The molecule has 2 rings (SSSR count). The third-order valence-corrected chi connectivity index (χ3v) is 3.31. The fraction of sp³-hybridized carbons (Fsp3) is 0.786. The molecule has 6 heteroatoms. The number of ether oxygens (including phenoxy) is 2. The van der Waals surface area contributed by atoms with Crippen LogP contribution in [0, 0.1) is 6.92 Å². The summed E-state index contributed by atoms with van der Waals surface area (Å²) >= 11 is 0. The normalized spacial score (nSPS) is 22.1. The number of aryl methyl sites for hydroxylation is 1. The van der Waals surface area contributed by atoms with Crippen LogP contribution in [0.3, 0.4) is 0 Å². The number of aliphatic hydroxyl groups is 1. The zero-order valence-electron chi connectivity index (χ0n) is 12.2. The number of hydrogen-bond acceptors (Lipinski definition) is 6.